The lowest BCUT2D eigenvalue weighted by Crippen LogP contribution is -2.60. The molecule has 0 aliphatic carbocycles. The molecule has 0 aliphatic heterocycles. The maximum absolute atomic E-state index is 12.4. The van der Waals surface area contributed by atoms with Crippen LogP contribution in [0.25, 0.3) is 0 Å². The molecule has 162 valence electrons. The van der Waals surface area contributed by atoms with Crippen molar-refractivity contribution in [1.82, 2.24) is 16.0 Å². The molecule has 3 amide bonds. The van der Waals surface area contributed by atoms with E-state index in [4.69, 9.17) is 10.8 Å². The molecule has 0 aliphatic rings. The fourth-order valence-corrected chi connectivity index (χ4v) is 2.70. The first-order valence-corrected chi connectivity index (χ1v) is 10.4. The van der Waals surface area contributed by atoms with E-state index < -0.39 is 60.6 Å². The van der Waals surface area contributed by atoms with Crippen molar-refractivity contribution in [3.8, 4) is 0 Å². The van der Waals surface area contributed by atoms with Gasteiger partial charge in [-0.1, -0.05) is 0 Å². The van der Waals surface area contributed by atoms with Gasteiger partial charge in [-0.05, 0) is 25.4 Å². The van der Waals surface area contributed by atoms with Crippen molar-refractivity contribution in [2.24, 2.45) is 5.73 Å². The molecule has 0 saturated heterocycles. The molecule has 8 N–H and O–H groups in total. The minimum atomic E-state index is -1.44. The molecular formula is C15H28N4O7S2. The molecular weight excluding hydrogens is 412 g/mol. The Labute approximate surface area is 172 Å². The summed E-state index contributed by atoms with van der Waals surface area (Å²) in [7, 11) is 0. The summed E-state index contributed by atoms with van der Waals surface area (Å²) in [6.07, 6.45) is 0.665. The number of aliphatic carboxylic acids is 1. The minimum Gasteiger partial charge on any atom is -0.480 e. The number of thioether (sulfide) groups is 1. The zero-order valence-corrected chi connectivity index (χ0v) is 17.3. The van der Waals surface area contributed by atoms with Gasteiger partial charge in [-0.2, -0.15) is 24.4 Å². The maximum atomic E-state index is 12.4. The first kappa shape index (κ1) is 26.5. The third kappa shape index (κ3) is 9.10. The first-order chi connectivity index (χ1) is 13.1. The van der Waals surface area contributed by atoms with Gasteiger partial charge in [0.25, 0.3) is 0 Å². The standard InChI is InChI=1S/C15H28N4O7S2/c1-7(21)11(19-12(22)8(16)5-20)14(24)18-10(6-27)13(23)17-9(15(25)26)3-4-28-2/h7-11,20-21,27H,3-6,16H2,1-2H3,(H,17,23)(H,18,24)(H,19,22)(H,25,26). The fourth-order valence-electron chi connectivity index (χ4n) is 1.97. The van der Waals surface area contributed by atoms with Crippen LogP contribution in [0.15, 0.2) is 0 Å². The van der Waals surface area contributed by atoms with Crippen LogP contribution in [-0.2, 0) is 19.2 Å². The predicted molar refractivity (Wildman–Crippen MR) is 107 cm³/mol. The Bertz CT molecular complexity index is 550. The maximum Gasteiger partial charge on any atom is 0.326 e. The zero-order chi connectivity index (χ0) is 21.9. The average Bonchev–Trinajstić information content (AvgIpc) is 2.65. The summed E-state index contributed by atoms with van der Waals surface area (Å²) in [5.41, 5.74) is 5.35. The second kappa shape index (κ2) is 13.6. The van der Waals surface area contributed by atoms with E-state index in [2.05, 4.69) is 28.6 Å². The van der Waals surface area contributed by atoms with Crippen LogP contribution in [0.2, 0.25) is 0 Å². The topological polar surface area (TPSA) is 191 Å². The van der Waals surface area contributed by atoms with Crippen LogP contribution in [-0.4, -0.2) is 93.7 Å². The van der Waals surface area contributed by atoms with Crippen molar-refractivity contribution in [3.05, 3.63) is 0 Å². The Morgan fingerprint density at radius 3 is 2.07 bits per heavy atom. The highest BCUT2D eigenvalue weighted by Gasteiger charge is 2.31. The molecule has 0 aromatic rings. The van der Waals surface area contributed by atoms with Crippen molar-refractivity contribution in [2.45, 2.75) is 43.6 Å². The van der Waals surface area contributed by atoms with Crippen LogP contribution in [0.4, 0.5) is 0 Å². The van der Waals surface area contributed by atoms with Gasteiger partial charge in [-0.25, -0.2) is 4.79 Å². The second-order valence-corrected chi connectivity index (χ2v) is 7.29. The fraction of sp³-hybridized carbons (Fsp3) is 0.733. The summed E-state index contributed by atoms with van der Waals surface area (Å²) < 4.78 is 0. The molecule has 5 unspecified atom stereocenters. The number of aliphatic hydroxyl groups is 2. The lowest BCUT2D eigenvalue weighted by Gasteiger charge is -2.25. The summed E-state index contributed by atoms with van der Waals surface area (Å²) in [6.45, 7) is 0.585. The van der Waals surface area contributed by atoms with E-state index in [1.807, 2.05) is 0 Å². The van der Waals surface area contributed by atoms with E-state index in [1.54, 1.807) is 6.26 Å². The minimum absolute atomic E-state index is 0.150. The number of carbonyl (C=O) groups excluding carboxylic acids is 3. The van der Waals surface area contributed by atoms with Gasteiger partial charge in [0.2, 0.25) is 17.7 Å². The smallest absolute Gasteiger partial charge is 0.326 e. The number of carboxylic acid groups (broad SMARTS) is 1. The number of carbonyl (C=O) groups is 4. The number of nitrogens with one attached hydrogen (secondary N) is 3. The van der Waals surface area contributed by atoms with Crippen LogP contribution in [0.3, 0.4) is 0 Å². The van der Waals surface area contributed by atoms with Gasteiger partial charge >= 0.3 is 5.97 Å². The number of thiol groups is 1. The molecule has 0 rings (SSSR count). The average molecular weight is 441 g/mol. The number of carboxylic acids is 1. The van der Waals surface area contributed by atoms with E-state index in [9.17, 15) is 29.4 Å². The summed E-state index contributed by atoms with van der Waals surface area (Å²) in [5, 5.41) is 34.6. The van der Waals surface area contributed by atoms with Gasteiger partial charge in [0.15, 0.2) is 0 Å². The van der Waals surface area contributed by atoms with Crippen LogP contribution in [0, 0.1) is 0 Å². The molecule has 11 nitrogen and oxygen atoms in total. The first-order valence-electron chi connectivity index (χ1n) is 8.37. The van der Waals surface area contributed by atoms with Crippen molar-refractivity contribution in [3.63, 3.8) is 0 Å². The molecule has 0 radical (unpaired) electrons. The van der Waals surface area contributed by atoms with Gasteiger partial charge in [0, 0.05) is 5.75 Å². The molecule has 0 saturated carbocycles. The van der Waals surface area contributed by atoms with Gasteiger partial charge in [-0.3, -0.25) is 14.4 Å². The van der Waals surface area contributed by atoms with Crippen LogP contribution in [0.1, 0.15) is 13.3 Å². The van der Waals surface area contributed by atoms with Crippen molar-refractivity contribution in [1.29, 1.82) is 0 Å². The van der Waals surface area contributed by atoms with E-state index >= 15 is 0 Å². The third-order valence-electron chi connectivity index (χ3n) is 3.64. The van der Waals surface area contributed by atoms with Gasteiger partial charge in [-0.15, -0.1) is 0 Å². The van der Waals surface area contributed by atoms with Crippen LogP contribution >= 0.6 is 24.4 Å². The summed E-state index contributed by atoms with van der Waals surface area (Å²) >= 11 is 5.40. The van der Waals surface area contributed by atoms with E-state index in [0.717, 1.165) is 0 Å². The highest BCUT2D eigenvalue weighted by molar-refractivity contribution is 7.98. The largest absolute Gasteiger partial charge is 0.480 e. The number of hydrogen-bond donors (Lipinski definition) is 8. The van der Waals surface area contributed by atoms with Crippen molar-refractivity contribution >= 4 is 48.1 Å². The molecule has 0 heterocycles. The molecule has 0 spiro atoms. The highest BCUT2D eigenvalue weighted by Crippen LogP contribution is 2.03. The molecule has 13 heteroatoms. The number of aliphatic hydroxyl groups excluding tert-OH is 2. The molecule has 28 heavy (non-hydrogen) atoms. The lowest BCUT2D eigenvalue weighted by molar-refractivity contribution is -0.142. The summed E-state index contributed by atoms with van der Waals surface area (Å²) in [4.78, 5) is 47.7. The number of rotatable bonds is 13. The zero-order valence-electron chi connectivity index (χ0n) is 15.6. The monoisotopic (exact) mass is 440 g/mol. The number of amides is 3. The Morgan fingerprint density at radius 2 is 1.64 bits per heavy atom. The molecule has 0 aromatic heterocycles. The van der Waals surface area contributed by atoms with Crippen molar-refractivity contribution < 1.29 is 34.5 Å². The SMILES string of the molecule is CSCCC(NC(=O)C(CS)NC(=O)C(NC(=O)C(N)CO)C(C)O)C(=O)O. The molecule has 0 bridgehead atoms. The molecule has 0 fully saturated rings. The van der Waals surface area contributed by atoms with Gasteiger partial charge in [0.05, 0.1) is 12.7 Å². The highest BCUT2D eigenvalue weighted by atomic mass is 32.2. The summed E-state index contributed by atoms with van der Waals surface area (Å²) in [6, 6.07) is -5.05. The van der Waals surface area contributed by atoms with Crippen molar-refractivity contribution in [2.75, 3.05) is 24.4 Å². The quantitative estimate of drug-likeness (QED) is 0.137. The Morgan fingerprint density at radius 1 is 1.07 bits per heavy atom. The Hall–Kier alpha value is -1.54. The number of nitrogens with two attached hydrogens (primary N) is 1. The van der Waals surface area contributed by atoms with Crippen LogP contribution < -0.4 is 21.7 Å². The predicted octanol–water partition coefficient (Wildman–Crippen LogP) is -3.09. The van der Waals surface area contributed by atoms with E-state index in [1.165, 1.54) is 18.7 Å². The Balaban J connectivity index is 5.07. The van der Waals surface area contributed by atoms with Gasteiger partial charge < -0.3 is 37.0 Å². The van der Waals surface area contributed by atoms with Gasteiger partial charge in [0.1, 0.15) is 24.2 Å². The molecule has 5 atom stereocenters. The second-order valence-electron chi connectivity index (χ2n) is 5.94. The normalized spacial score (nSPS) is 16.2. The van der Waals surface area contributed by atoms with Crippen LogP contribution in [0.5, 0.6) is 0 Å². The number of hydrogen-bond acceptors (Lipinski definition) is 9. The lowest BCUT2D eigenvalue weighted by atomic mass is 10.1. The molecule has 0 aromatic carbocycles. The van der Waals surface area contributed by atoms with E-state index in [-0.39, 0.29) is 12.2 Å². The summed E-state index contributed by atoms with van der Waals surface area (Å²) in [5.74, 6) is -3.37. The van der Waals surface area contributed by atoms with E-state index in [0.29, 0.717) is 5.75 Å². The third-order valence-corrected chi connectivity index (χ3v) is 4.65. The Kier molecular flexibility index (Phi) is 12.9.